The summed E-state index contributed by atoms with van der Waals surface area (Å²) in [5.74, 6) is -0.310. The van der Waals surface area contributed by atoms with Gasteiger partial charge in [-0.3, -0.25) is 4.98 Å². The number of aromatic nitrogens is 1. The van der Waals surface area contributed by atoms with Gasteiger partial charge in [0.2, 0.25) is 0 Å². The van der Waals surface area contributed by atoms with Gasteiger partial charge in [-0.15, -0.1) is 0 Å². The maximum absolute atomic E-state index is 13.1. The fourth-order valence-corrected chi connectivity index (χ4v) is 2.61. The van der Waals surface area contributed by atoms with E-state index in [-0.39, 0.29) is 11.9 Å². The lowest BCUT2D eigenvalue weighted by molar-refractivity contribution is 0.587. The van der Waals surface area contributed by atoms with Gasteiger partial charge in [-0.2, -0.15) is 0 Å². The fourth-order valence-electron chi connectivity index (χ4n) is 2.36. The number of hydrogen-bond donors (Lipinski definition) is 1. The second kappa shape index (κ2) is 6.33. The Morgan fingerprint density at radius 3 is 2.40 bits per heavy atom. The zero-order valence-electron chi connectivity index (χ0n) is 11.9. The molecule has 1 unspecified atom stereocenters. The smallest absolute Gasteiger partial charge is 0.124 e. The van der Waals surface area contributed by atoms with Gasteiger partial charge in [-0.1, -0.05) is 17.7 Å². The maximum atomic E-state index is 13.1. The molecule has 20 heavy (non-hydrogen) atoms. The minimum atomic E-state index is -0.310. The third-order valence-electron chi connectivity index (χ3n) is 3.29. The van der Waals surface area contributed by atoms with E-state index in [0.29, 0.717) is 11.4 Å². The molecule has 1 aromatic heterocycles. The normalized spacial score (nSPS) is 12.4. The zero-order chi connectivity index (χ0) is 14.7. The topological polar surface area (TPSA) is 24.9 Å². The van der Waals surface area contributed by atoms with Crippen molar-refractivity contribution in [3.8, 4) is 0 Å². The average Bonchev–Trinajstić information content (AvgIpc) is 2.36. The third kappa shape index (κ3) is 3.56. The molecule has 0 fully saturated rings. The van der Waals surface area contributed by atoms with Gasteiger partial charge in [0.1, 0.15) is 5.82 Å². The highest BCUT2D eigenvalue weighted by molar-refractivity contribution is 6.31. The molecule has 4 heteroatoms. The van der Waals surface area contributed by atoms with Crippen molar-refractivity contribution in [1.29, 1.82) is 0 Å². The van der Waals surface area contributed by atoms with Gasteiger partial charge in [0.25, 0.3) is 0 Å². The van der Waals surface area contributed by atoms with Crippen molar-refractivity contribution in [1.82, 2.24) is 10.3 Å². The highest BCUT2D eigenvalue weighted by Crippen LogP contribution is 2.24. The molecule has 1 N–H and O–H groups in total. The first kappa shape index (κ1) is 14.9. The average molecular weight is 293 g/mol. The molecule has 0 radical (unpaired) electrons. The Morgan fingerprint density at radius 1 is 1.20 bits per heavy atom. The highest BCUT2D eigenvalue weighted by Gasteiger charge is 2.13. The van der Waals surface area contributed by atoms with Gasteiger partial charge in [0, 0.05) is 22.5 Å². The predicted octanol–water partition coefficient (Wildman–Crippen LogP) is 3.99. The van der Waals surface area contributed by atoms with E-state index < -0.39 is 0 Å². The molecule has 0 aliphatic carbocycles. The van der Waals surface area contributed by atoms with E-state index in [4.69, 9.17) is 11.6 Å². The molecule has 0 saturated heterocycles. The number of nitrogens with zero attached hydrogens (tertiary/aromatic N) is 1. The molecule has 0 spiro atoms. The summed E-state index contributed by atoms with van der Waals surface area (Å²) in [6.45, 7) is 3.96. The van der Waals surface area contributed by atoms with Gasteiger partial charge >= 0.3 is 0 Å². The van der Waals surface area contributed by atoms with Gasteiger partial charge in [0.15, 0.2) is 0 Å². The minimum Gasteiger partial charge on any atom is -0.313 e. The lowest BCUT2D eigenvalue weighted by Gasteiger charge is -2.18. The van der Waals surface area contributed by atoms with Crippen molar-refractivity contribution in [2.45, 2.75) is 26.3 Å². The van der Waals surface area contributed by atoms with E-state index in [2.05, 4.69) is 22.4 Å². The summed E-state index contributed by atoms with van der Waals surface area (Å²) in [4.78, 5) is 4.38. The number of aryl methyl sites for hydroxylation is 2. The van der Waals surface area contributed by atoms with Gasteiger partial charge in [0.05, 0.1) is 0 Å². The Bertz CT molecular complexity index is 593. The second-order valence-corrected chi connectivity index (χ2v) is 5.37. The van der Waals surface area contributed by atoms with Crippen LogP contribution in [0.1, 0.15) is 28.6 Å². The summed E-state index contributed by atoms with van der Waals surface area (Å²) >= 11 is 6.10. The van der Waals surface area contributed by atoms with Gasteiger partial charge in [-0.25, -0.2) is 4.39 Å². The molecule has 0 aliphatic heterocycles. The van der Waals surface area contributed by atoms with Crippen LogP contribution in [-0.4, -0.2) is 12.0 Å². The molecule has 0 aliphatic rings. The number of pyridine rings is 1. The summed E-state index contributed by atoms with van der Waals surface area (Å²) in [6, 6.07) is 8.78. The van der Waals surface area contributed by atoms with E-state index in [0.717, 1.165) is 22.5 Å². The molecule has 106 valence electrons. The molecule has 1 heterocycles. The highest BCUT2D eigenvalue weighted by atomic mass is 35.5. The van der Waals surface area contributed by atoms with Crippen LogP contribution in [0.25, 0.3) is 0 Å². The molecule has 0 amide bonds. The first-order valence-corrected chi connectivity index (χ1v) is 6.94. The molecular weight excluding hydrogens is 275 g/mol. The van der Waals surface area contributed by atoms with Crippen LogP contribution in [0.3, 0.4) is 0 Å². The van der Waals surface area contributed by atoms with E-state index in [1.165, 1.54) is 12.1 Å². The Hall–Kier alpha value is -1.45. The van der Waals surface area contributed by atoms with Crippen LogP contribution in [0.2, 0.25) is 5.02 Å². The second-order valence-electron chi connectivity index (χ2n) is 4.96. The summed E-state index contributed by atoms with van der Waals surface area (Å²) in [5.41, 5.74) is 4.08. The summed E-state index contributed by atoms with van der Waals surface area (Å²) in [5, 5.41) is 3.75. The van der Waals surface area contributed by atoms with Crippen molar-refractivity contribution >= 4 is 11.6 Å². The lowest BCUT2D eigenvalue weighted by Crippen LogP contribution is -2.19. The van der Waals surface area contributed by atoms with Crippen LogP contribution >= 0.6 is 11.6 Å². The number of halogens is 2. The van der Waals surface area contributed by atoms with Crippen molar-refractivity contribution in [3.63, 3.8) is 0 Å². The van der Waals surface area contributed by atoms with Crippen LogP contribution in [0.4, 0.5) is 4.39 Å². The Balaban J connectivity index is 2.28. The van der Waals surface area contributed by atoms with Crippen LogP contribution in [0, 0.1) is 19.7 Å². The lowest BCUT2D eigenvalue weighted by atomic mass is 9.98. The summed E-state index contributed by atoms with van der Waals surface area (Å²) in [6.07, 6.45) is 0.707. The largest absolute Gasteiger partial charge is 0.313 e. The van der Waals surface area contributed by atoms with Crippen molar-refractivity contribution < 1.29 is 4.39 Å². The molecule has 2 rings (SSSR count). The SMILES string of the molecule is CNC(Cc1ccc(F)cc1Cl)c1cc(C)nc(C)c1. The summed E-state index contributed by atoms with van der Waals surface area (Å²) < 4.78 is 13.1. The summed E-state index contributed by atoms with van der Waals surface area (Å²) in [7, 11) is 1.91. The van der Waals surface area contributed by atoms with Crippen LogP contribution < -0.4 is 5.32 Å². The minimum absolute atomic E-state index is 0.123. The molecule has 2 aromatic rings. The molecule has 0 saturated carbocycles. The van der Waals surface area contributed by atoms with Crippen LogP contribution in [-0.2, 0) is 6.42 Å². The molecule has 2 nitrogen and oxygen atoms in total. The quantitative estimate of drug-likeness (QED) is 0.921. The maximum Gasteiger partial charge on any atom is 0.124 e. The van der Waals surface area contributed by atoms with E-state index in [9.17, 15) is 4.39 Å². The van der Waals surface area contributed by atoms with Crippen LogP contribution in [0.5, 0.6) is 0 Å². The van der Waals surface area contributed by atoms with E-state index >= 15 is 0 Å². The monoisotopic (exact) mass is 292 g/mol. The standard InChI is InChI=1S/C16H18ClFN2/c1-10-6-13(7-11(2)20-10)16(19-3)8-12-4-5-14(18)9-15(12)17/h4-7,9,16,19H,8H2,1-3H3. The number of rotatable bonds is 4. The van der Waals surface area contributed by atoms with Gasteiger partial charge < -0.3 is 5.32 Å². The number of hydrogen-bond acceptors (Lipinski definition) is 2. The number of benzene rings is 1. The van der Waals surface area contributed by atoms with E-state index in [1.54, 1.807) is 6.07 Å². The first-order valence-electron chi connectivity index (χ1n) is 6.56. The van der Waals surface area contributed by atoms with Crippen molar-refractivity contribution in [3.05, 3.63) is 63.7 Å². The molecular formula is C16H18ClFN2. The Kier molecular flexibility index (Phi) is 4.73. The molecule has 1 atom stereocenters. The van der Waals surface area contributed by atoms with Crippen molar-refractivity contribution in [2.75, 3.05) is 7.05 Å². The fraction of sp³-hybridized carbons (Fsp3) is 0.312. The van der Waals surface area contributed by atoms with E-state index in [1.807, 2.05) is 20.9 Å². The van der Waals surface area contributed by atoms with Crippen molar-refractivity contribution in [2.24, 2.45) is 0 Å². The first-order chi connectivity index (χ1) is 9.49. The predicted molar refractivity (Wildman–Crippen MR) is 80.6 cm³/mol. The van der Waals surface area contributed by atoms with Crippen LogP contribution in [0.15, 0.2) is 30.3 Å². The number of likely N-dealkylation sites (N-methyl/N-ethyl adjacent to an activating group) is 1. The third-order valence-corrected chi connectivity index (χ3v) is 3.65. The molecule has 1 aromatic carbocycles. The Morgan fingerprint density at radius 2 is 1.85 bits per heavy atom. The zero-order valence-corrected chi connectivity index (χ0v) is 12.6. The number of nitrogens with one attached hydrogen (secondary N) is 1. The Labute approximate surface area is 124 Å². The van der Waals surface area contributed by atoms with Gasteiger partial charge in [-0.05, 0) is 62.7 Å². The molecule has 0 bridgehead atoms.